The monoisotopic (exact) mass is 254 g/mol. The number of hydrogen-bond acceptors (Lipinski definition) is 2. The molecule has 1 aromatic rings. The first-order chi connectivity index (χ1) is 9.19. The van der Waals surface area contributed by atoms with E-state index in [2.05, 4.69) is 18.4 Å². The van der Waals surface area contributed by atoms with Gasteiger partial charge in [0.25, 0.3) is 0 Å². The van der Waals surface area contributed by atoms with Gasteiger partial charge in [0.1, 0.15) is 0 Å². The number of allylic oxidation sites excluding steroid dienone is 1. The normalized spacial score (nSPS) is 10.3. The first-order valence-corrected chi connectivity index (χ1v) is 6.23. The van der Waals surface area contributed by atoms with Gasteiger partial charge in [-0.1, -0.05) is 56.0 Å². The molecule has 2 heteroatoms. The van der Waals surface area contributed by atoms with E-state index in [-0.39, 0.29) is 5.97 Å². The first kappa shape index (κ1) is 14.8. The fourth-order valence-corrected chi connectivity index (χ4v) is 1.46. The van der Waals surface area contributed by atoms with Crippen molar-refractivity contribution in [3.63, 3.8) is 0 Å². The van der Waals surface area contributed by atoms with Crippen molar-refractivity contribution >= 4 is 5.97 Å². The van der Waals surface area contributed by atoms with Gasteiger partial charge in [0.2, 0.25) is 0 Å². The molecule has 98 valence electrons. The van der Waals surface area contributed by atoms with Crippen LogP contribution in [0.2, 0.25) is 0 Å². The molecule has 0 aliphatic rings. The molecule has 1 rings (SSSR count). The molecule has 1 aromatic carbocycles. The molecule has 0 spiro atoms. The summed E-state index contributed by atoms with van der Waals surface area (Å²) in [6.45, 7) is 5.89. The molecule has 0 fully saturated rings. The van der Waals surface area contributed by atoms with Gasteiger partial charge in [0.15, 0.2) is 0 Å². The third-order valence-corrected chi connectivity index (χ3v) is 2.50. The average Bonchev–Trinajstić information content (AvgIpc) is 2.46. The van der Waals surface area contributed by atoms with E-state index in [1.807, 2.05) is 43.3 Å². The van der Waals surface area contributed by atoms with Crippen molar-refractivity contribution in [3.8, 4) is 11.8 Å². The number of ether oxygens (including phenoxy) is 1. The highest BCUT2D eigenvalue weighted by molar-refractivity contribution is 5.94. The molecule has 0 unspecified atom stereocenters. The number of rotatable bonds is 4. The summed E-state index contributed by atoms with van der Waals surface area (Å²) in [6.07, 6.45) is 3.59. The molecular formula is C17H18O2. The second-order valence-corrected chi connectivity index (χ2v) is 3.99. The number of carbonyl (C=O) groups is 1. The number of methoxy groups -OCH3 is 1. The smallest absolute Gasteiger partial charge is 0.338 e. The Balaban J connectivity index is 2.90. The van der Waals surface area contributed by atoms with Crippen molar-refractivity contribution in [1.82, 2.24) is 0 Å². The Hall–Kier alpha value is -2.27. The lowest BCUT2D eigenvalue weighted by atomic mass is 10.1. The Morgan fingerprint density at radius 2 is 2.05 bits per heavy atom. The minimum atomic E-state index is -0.388. The Kier molecular flexibility index (Phi) is 6.18. The first-order valence-electron chi connectivity index (χ1n) is 6.23. The number of esters is 1. The summed E-state index contributed by atoms with van der Waals surface area (Å²) in [4.78, 5) is 11.7. The van der Waals surface area contributed by atoms with E-state index >= 15 is 0 Å². The van der Waals surface area contributed by atoms with Crippen molar-refractivity contribution in [3.05, 3.63) is 59.7 Å². The van der Waals surface area contributed by atoms with Crippen LogP contribution in [0.5, 0.6) is 0 Å². The lowest BCUT2D eigenvalue weighted by molar-refractivity contribution is -0.135. The SMILES string of the molecule is C=C(C#Cc1ccccc1)/C(=C\CCC)C(=O)OC. The molecule has 0 N–H and O–H groups in total. The van der Waals surface area contributed by atoms with Gasteiger partial charge in [-0.2, -0.15) is 0 Å². The van der Waals surface area contributed by atoms with Crippen LogP contribution in [0.25, 0.3) is 0 Å². The molecular weight excluding hydrogens is 236 g/mol. The Morgan fingerprint density at radius 1 is 1.37 bits per heavy atom. The second kappa shape index (κ2) is 7.94. The van der Waals surface area contributed by atoms with Crippen molar-refractivity contribution in [2.75, 3.05) is 7.11 Å². The standard InChI is InChI=1S/C17H18O2/c1-4-5-11-16(17(18)19-3)14(2)12-13-15-9-7-6-8-10-15/h6-11H,2,4-5H2,1,3H3/b16-11+. The van der Waals surface area contributed by atoms with Crippen LogP contribution in [0.4, 0.5) is 0 Å². The highest BCUT2D eigenvalue weighted by Crippen LogP contribution is 2.11. The van der Waals surface area contributed by atoms with Crippen molar-refractivity contribution in [2.45, 2.75) is 19.8 Å². The van der Waals surface area contributed by atoms with Crippen molar-refractivity contribution in [1.29, 1.82) is 0 Å². The lowest BCUT2D eigenvalue weighted by Crippen LogP contribution is -2.06. The van der Waals surface area contributed by atoms with E-state index in [1.54, 1.807) is 0 Å². The number of benzene rings is 1. The van der Waals surface area contributed by atoms with Crippen LogP contribution < -0.4 is 0 Å². The summed E-state index contributed by atoms with van der Waals surface area (Å²) in [5.41, 5.74) is 1.83. The van der Waals surface area contributed by atoms with Gasteiger partial charge in [0, 0.05) is 11.1 Å². The highest BCUT2D eigenvalue weighted by Gasteiger charge is 2.11. The minimum absolute atomic E-state index is 0.388. The largest absolute Gasteiger partial charge is 0.465 e. The molecule has 0 aromatic heterocycles. The summed E-state index contributed by atoms with van der Waals surface area (Å²) >= 11 is 0. The highest BCUT2D eigenvalue weighted by atomic mass is 16.5. The Bertz CT molecular complexity index is 527. The average molecular weight is 254 g/mol. The summed E-state index contributed by atoms with van der Waals surface area (Å²) in [5, 5.41) is 0. The van der Waals surface area contributed by atoms with Gasteiger partial charge in [0.05, 0.1) is 12.7 Å². The van der Waals surface area contributed by atoms with Crippen molar-refractivity contribution < 1.29 is 9.53 Å². The summed E-state index contributed by atoms with van der Waals surface area (Å²) < 4.78 is 4.75. The summed E-state index contributed by atoms with van der Waals surface area (Å²) in [5.74, 6) is 5.50. The van der Waals surface area contributed by atoms with E-state index in [0.29, 0.717) is 11.1 Å². The fourth-order valence-electron chi connectivity index (χ4n) is 1.46. The predicted octanol–water partition coefficient (Wildman–Crippen LogP) is 3.49. The van der Waals surface area contributed by atoms with Gasteiger partial charge >= 0.3 is 5.97 Å². The zero-order chi connectivity index (χ0) is 14.1. The zero-order valence-electron chi connectivity index (χ0n) is 11.4. The molecule has 2 nitrogen and oxygen atoms in total. The topological polar surface area (TPSA) is 26.3 Å². The summed E-state index contributed by atoms with van der Waals surface area (Å²) in [7, 11) is 1.36. The van der Waals surface area contributed by atoms with E-state index in [1.165, 1.54) is 7.11 Å². The zero-order valence-corrected chi connectivity index (χ0v) is 11.4. The molecule has 0 saturated carbocycles. The Labute approximate surface area is 114 Å². The third kappa shape index (κ3) is 4.85. The lowest BCUT2D eigenvalue weighted by Gasteiger charge is -2.03. The van der Waals surface area contributed by atoms with Crippen LogP contribution in [0, 0.1) is 11.8 Å². The van der Waals surface area contributed by atoms with Gasteiger partial charge in [-0.3, -0.25) is 0 Å². The number of hydrogen-bond donors (Lipinski definition) is 0. The fraction of sp³-hybridized carbons (Fsp3) is 0.235. The molecule has 0 atom stereocenters. The van der Waals surface area contributed by atoms with Crippen LogP contribution in [0.3, 0.4) is 0 Å². The van der Waals surface area contributed by atoms with Gasteiger partial charge in [-0.05, 0) is 18.6 Å². The molecule has 0 aliphatic heterocycles. The molecule has 19 heavy (non-hydrogen) atoms. The van der Waals surface area contributed by atoms with Crippen molar-refractivity contribution in [2.24, 2.45) is 0 Å². The van der Waals surface area contributed by atoms with E-state index in [0.717, 1.165) is 18.4 Å². The maximum absolute atomic E-state index is 11.7. The van der Waals surface area contributed by atoms with Crippen LogP contribution in [-0.2, 0) is 9.53 Å². The quantitative estimate of drug-likeness (QED) is 0.356. The van der Waals surface area contributed by atoms with Crippen LogP contribution in [-0.4, -0.2) is 13.1 Å². The minimum Gasteiger partial charge on any atom is -0.465 e. The molecule has 0 aliphatic carbocycles. The van der Waals surface area contributed by atoms with Gasteiger partial charge in [-0.15, -0.1) is 0 Å². The van der Waals surface area contributed by atoms with Gasteiger partial charge in [-0.25, -0.2) is 4.79 Å². The van der Waals surface area contributed by atoms with Gasteiger partial charge < -0.3 is 4.74 Å². The van der Waals surface area contributed by atoms with Crippen LogP contribution in [0.15, 0.2) is 54.1 Å². The van der Waals surface area contributed by atoms with Crippen LogP contribution in [0.1, 0.15) is 25.3 Å². The summed E-state index contributed by atoms with van der Waals surface area (Å²) in [6, 6.07) is 9.59. The molecule has 0 saturated heterocycles. The second-order valence-electron chi connectivity index (χ2n) is 3.99. The molecule has 0 amide bonds. The van der Waals surface area contributed by atoms with E-state index in [9.17, 15) is 4.79 Å². The predicted molar refractivity (Wildman–Crippen MR) is 77.5 cm³/mol. The van der Waals surface area contributed by atoms with Crippen LogP contribution >= 0.6 is 0 Å². The maximum Gasteiger partial charge on any atom is 0.338 e. The number of unbranched alkanes of at least 4 members (excludes halogenated alkanes) is 1. The Morgan fingerprint density at radius 3 is 2.63 bits per heavy atom. The third-order valence-electron chi connectivity index (χ3n) is 2.50. The van der Waals surface area contributed by atoms with E-state index in [4.69, 9.17) is 4.74 Å². The number of carbonyl (C=O) groups excluding carboxylic acids is 1. The molecule has 0 radical (unpaired) electrons. The molecule has 0 heterocycles. The van der Waals surface area contributed by atoms with E-state index < -0.39 is 0 Å². The maximum atomic E-state index is 11.7. The molecule has 0 bridgehead atoms.